The number of aromatic nitrogens is 2. The molecule has 1 aliphatic rings. The Morgan fingerprint density at radius 1 is 1.38 bits per heavy atom. The summed E-state index contributed by atoms with van der Waals surface area (Å²) in [4.78, 5) is 4.52. The van der Waals surface area contributed by atoms with Crippen LogP contribution in [0, 0.1) is 5.92 Å². The quantitative estimate of drug-likeness (QED) is 0.674. The van der Waals surface area contributed by atoms with E-state index in [2.05, 4.69) is 22.4 Å². The van der Waals surface area contributed by atoms with Gasteiger partial charge < -0.3 is 19.3 Å². The number of hydrogen-bond donors (Lipinski definition) is 1. The number of methoxy groups -OCH3 is 1. The van der Waals surface area contributed by atoms with Gasteiger partial charge in [-0.25, -0.2) is 0 Å². The van der Waals surface area contributed by atoms with Crippen LogP contribution in [-0.4, -0.2) is 43.1 Å². The van der Waals surface area contributed by atoms with Crippen molar-refractivity contribution in [2.45, 2.75) is 51.7 Å². The van der Waals surface area contributed by atoms with Crippen LogP contribution in [0.5, 0.6) is 0 Å². The van der Waals surface area contributed by atoms with Crippen LogP contribution in [0.3, 0.4) is 0 Å². The summed E-state index contributed by atoms with van der Waals surface area (Å²) < 4.78 is 16.4. The Labute approximate surface area is 126 Å². The lowest BCUT2D eigenvalue weighted by Gasteiger charge is -2.15. The number of ether oxygens (including phenoxy) is 2. The monoisotopic (exact) mass is 297 g/mol. The van der Waals surface area contributed by atoms with Crippen molar-refractivity contribution >= 4 is 0 Å². The molecule has 1 fully saturated rings. The minimum Gasteiger partial charge on any atom is -0.383 e. The zero-order valence-electron chi connectivity index (χ0n) is 13.3. The molecule has 1 aromatic rings. The van der Waals surface area contributed by atoms with Crippen molar-refractivity contribution < 1.29 is 14.0 Å². The molecule has 0 spiro atoms. The van der Waals surface area contributed by atoms with Crippen molar-refractivity contribution in [2.75, 3.05) is 26.9 Å². The third-order valence-electron chi connectivity index (χ3n) is 3.61. The lowest BCUT2D eigenvalue weighted by molar-refractivity contribution is 0.0384. The molecule has 0 amide bonds. The summed E-state index contributed by atoms with van der Waals surface area (Å²) in [6.07, 6.45) is 4.16. The third-order valence-corrected chi connectivity index (χ3v) is 3.61. The summed E-state index contributed by atoms with van der Waals surface area (Å²) in [6, 6.07) is 0.203. The van der Waals surface area contributed by atoms with Gasteiger partial charge in [0.05, 0.1) is 6.61 Å². The Hall–Kier alpha value is -0.980. The number of rotatable bonds is 11. The topological polar surface area (TPSA) is 69.4 Å². The zero-order valence-corrected chi connectivity index (χ0v) is 13.3. The van der Waals surface area contributed by atoms with Crippen LogP contribution < -0.4 is 5.32 Å². The molecule has 2 atom stereocenters. The minimum atomic E-state index is -0.00280. The van der Waals surface area contributed by atoms with E-state index in [-0.39, 0.29) is 12.1 Å². The van der Waals surface area contributed by atoms with E-state index in [1.54, 1.807) is 7.11 Å². The summed E-state index contributed by atoms with van der Waals surface area (Å²) in [6.45, 7) is 6.41. The van der Waals surface area contributed by atoms with Crippen LogP contribution in [-0.2, 0) is 15.9 Å². The van der Waals surface area contributed by atoms with Crippen LogP contribution in [0.4, 0.5) is 0 Å². The van der Waals surface area contributed by atoms with E-state index in [9.17, 15) is 0 Å². The van der Waals surface area contributed by atoms with Crippen LogP contribution in [0.25, 0.3) is 0 Å². The van der Waals surface area contributed by atoms with Gasteiger partial charge in [-0.05, 0) is 38.6 Å². The lowest BCUT2D eigenvalue weighted by Crippen LogP contribution is -2.35. The smallest absolute Gasteiger partial charge is 0.228 e. The van der Waals surface area contributed by atoms with Gasteiger partial charge in [0, 0.05) is 26.2 Å². The fourth-order valence-electron chi connectivity index (χ4n) is 2.42. The number of nitrogens with one attached hydrogen (secondary N) is 1. The molecule has 1 N–H and O–H groups in total. The minimum absolute atomic E-state index is 0.00280. The van der Waals surface area contributed by atoms with E-state index in [0.717, 1.165) is 13.0 Å². The van der Waals surface area contributed by atoms with Gasteiger partial charge in [0.15, 0.2) is 0 Å². The zero-order chi connectivity index (χ0) is 15.1. The second-order valence-corrected chi connectivity index (χ2v) is 5.57. The van der Waals surface area contributed by atoms with E-state index in [4.69, 9.17) is 14.0 Å². The molecule has 1 heterocycles. The van der Waals surface area contributed by atoms with E-state index in [1.165, 1.54) is 12.8 Å². The molecule has 1 aromatic heterocycles. The molecular formula is C15H27N3O3. The maximum Gasteiger partial charge on any atom is 0.228 e. The highest BCUT2D eigenvalue weighted by Gasteiger charge is 2.36. The average molecular weight is 297 g/mol. The molecule has 6 heteroatoms. The highest BCUT2D eigenvalue weighted by molar-refractivity contribution is 4.99. The van der Waals surface area contributed by atoms with E-state index in [0.29, 0.717) is 37.3 Å². The van der Waals surface area contributed by atoms with Crippen LogP contribution in [0.15, 0.2) is 4.52 Å². The van der Waals surface area contributed by atoms with E-state index >= 15 is 0 Å². The highest BCUT2D eigenvalue weighted by Crippen LogP contribution is 2.42. The molecule has 2 rings (SSSR count). The first-order chi connectivity index (χ1) is 10.3. The lowest BCUT2D eigenvalue weighted by atomic mass is 10.2. The predicted octanol–water partition coefficient (Wildman–Crippen LogP) is 2.11. The van der Waals surface area contributed by atoms with Crippen molar-refractivity contribution in [3.05, 3.63) is 11.7 Å². The molecule has 0 aromatic carbocycles. The first kappa shape index (κ1) is 16.4. The number of hydrogen-bond acceptors (Lipinski definition) is 6. The normalized spacial score (nSPS) is 17.9. The predicted molar refractivity (Wildman–Crippen MR) is 79.1 cm³/mol. The van der Waals surface area contributed by atoms with Crippen LogP contribution in [0.1, 0.15) is 50.9 Å². The molecule has 120 valence electrons. The Kier molecular flexibility index (Phi) is 6.60. The Balaban J connectivity index is 1.93. The van der Waals surface area contributed by atoms with Crippen molar-refractivity contribution in [1.82, 2.24) is 15.5 Å². The van der Waals surface area contributed by atoms with Crippen LogP contribution in [0.2, 0.25) is 0 Å². The van der Waals surface area contributed by atoms with Gasteiger partial charge in [-0.1, -0.05) is 12.1 Å². The molecule has 0 radical (unpaired) electrons. The first-order valence-corrected chi connectivity index (χ1v) is 7.94. The van der Waals surface area contributed by atoms with Crippen LogP contribution >= 0.6 is 0 Å². The molecule has 21 heavy (non-hydrogen) atoms. The summed E-state index contributed by atoms with van der Waals surface area (Å²) in [5, 5.41) is 7.54. The van der Waals surface area contributed by atoms with Crippen molar-refractivity contribution in [3.8, 4) is 0 Å². The highest BCUT2D eigenvalue weighted by atomic mass is 16.5. The molecule has 0 saturated heterocycles. The molecule has 1 aliphatic carbocycles. The number of nitrogens with zero attached hydrogens (tertiary/aromatic N) is 2. The largest absolute Gasteiger partial charge is 0.383 e. The fourth-order valence-corrected chi connectivity index (χ4v) is 2.42. The summed E-state index contributed by atoms with van der Waals surface area (Å²) >= 11 is 0. The SMILES string of the molecule is CCCNC(COC)Cc1nc(C(OCC)C2CC2)no1. The summed E-state index contributed by atoms with van der Waals surface area (Å²) in [5.74, 6) is 1.91. The maximum atomic E-state index is 5.76. The van der Waals surface area contributed by atoms with Gasteiger partial charge >= 0.3 is 0 Å². The Morgan fingerprint density at radius 2 is 2.19 bits per heavy atom. The van der Waals surface area contributed by atoms with Crippen molar-refractivity contribution in [2.24, 2.45) is 5.92 Å². The molecule has 2 unspecified atom stereocenters. The first-order valence-electron chi connectivity index (χ1n) is 7.94. The third kappa shape index (κ3) is 5.05. The average Bonchev–Trinajstić information content (AvgIpc) is 3.22. The van der Waals surface area contributed by atoms with Crippen molar-refractivity contribution in [1.29, 1.82) is 0 Å². The second-order valence-electron chi connectivity index (χ2n) is 5.57. The summed E-state index contributed by atoms with van der Waals surface area (Å²) in [7, 11) is 1.71. The van der Waals surface area contributed by atoms with Gasteiger partial charge in [-0.2, -0.15) is 4.98 Å². The second kappa shape index (κ2) is 8.46. The standard InChI is InChI=1S/C15H27N3O3/c1-4-8-16-12(10-19-3)9-13-17-15(18-21-13)14(20-5-2)11-6-7-11/h11-12,14,16H,4-10H2,1-3H3. The molecule has 0 aliphatic heterocycles. The van der Waals surface area contributed by atoms with Gasteiger partial charge in [0.1, 0.15) is 6.10 Å². The fraction of sp³-hybridized carbons (Fsp3) is 0.867. The molecule has 1 saturated carbocycles. The van der Waals surface area contributed by atoms with Gasteiger partial charge in [0.2, 0.25) is 11.7 Å². The molecule has 6 nitrogen and oxygen atoms in total. The Bertz CT molecular complexity index is 407. The van der Waals surface area contributed by atoms with Gasteiger partial charge in [-0.15, -0.1) is 0 Å². The van der Waals surface area contributed by atoms with E-state index < -0.39 is 0 Å². The van der Waals surface area contributed by atoms with Gasteiger partial charge in [-0.3, -0.25) is 0 Å². The van der Waals surface area contributed by atoms with E-state index in [1.807, 2.05) is 6.92 Å². The van der Waals surface area contributed by atoms with Crippen molar-refractivity contribution in [3.63, 3.8) is 0 Å². The molecule has 0 bridgehead atoms. The molecular weight excluding hydrogens is 270 g/mol. The summed E-state index contributed by atoms with van der Waals surface area (Å²) in [5.41, 5.74) is 0. The van der Waals surface area contributed by atoms with Gasteiger partial charge in [0.25, 0.3) is 0 Å². The maximum absolute atomic E-state index is 5.76. The Morgan fingerprint density at radius 3 is 2.81 bits per heavy atom.